The van der Waals surface area contributed by atoms with Crippen molar-refractivity contribution >= 4 is 5.91 Å². The maximum atomic E-state index is 11.1. The second-order valence-electron chi connectivity index (χ2n) is 2.55. The Kier molecular flexibility index (Phi) is 2.82. The number of carbonyl (C=O) groups excluding carboxylic acids is 1. The highest BCUT2D eigenvalue weighted by molar-refractivity contribution is 5.93. The number of nitrogens with zero attached hydrogens (tertiary/aromatic N) is 1. The van der Waals surface area contributed by atoms with E-state index in [-0.39, 0.29) is 12.5 Å². The number of aliphatic hydroxyl groups is 1. The molecule has 1 atom stereocenters. The minimum absolute atomic E-state index is 0.232. The number of aromatic amines is 1. The van der Waals surface area contributed by atoms with Crippen LogP contribution in [0.1, 0.15) is 17.3 Å². The Morgan fingerprint density at radius 3 is 3.17 bits per heavy atom. The molecule has 3 N–H and O–H groups in total. The smallest absolute Gasteiger partial charge is 0.254 e. The van der Waals surface area contributed by atoms with Crippen molar-refractivity contribution in [2.45, 2.75) is 13.0 Å². The molecule has 0 aliphatic heterocycles. The Labute approximate surface area is 69.8 Å². The molecule has 0 radical (unpaired) electrons. The summed E-state index contributed by atoms with van der Waals surface area (Å²) in [5.74, 6) is -0.232. The van der Waals surface area contributed by atoms with Crippen molar-refractivity contribution in [2.24, 2.45) is 0 Å². The van der Waals surface area contributed by atoms with E-state index in [1.54, 1.807) is 6.92 Å². The van der Waals surface area contributed by atoms with Crippen molar-refractivity contribution < 1.29 is 9.90 Å². The summed E-state index contributed by atoms with van der Waals surface area (Å²) in [5.41, 5.74) is 0.468. The Morgan fingerprint density at radius 2 is 2.67 bits per heavy atom. The number of aliphatic hydroxyl groups excluding tert-OH is 1. The molecule has 1 heterocycles. The number of H-pyrrole nitrogens is 1. The average Bonchev–Trinajstić information content (AvgIpc) is 2.51. The SMILES string of the molecule is C[C@H](O)CNC(=O)c1cn[nH]c1. The van der Waals surface area contributed by atoms with E-state index in [9.17, 15) is 4.79 Å². The van der Waals surface area contributed by atoms with Crippen LogP contribution >= 0.6 is 0 Å². The van der Waals surface area contributed by atoms with Crippen molar-refractivity contribution in [3.8, 4) is 0 Å². The lowest BCUT2D eigenvalue weighted by Gasteiger charge is -2.04. The number of carbonyl (C=O) groups is 1. The van der Waals surface area contributed by atoms with E-state index in [1.807, 2.05) is 0 Å². The minimum Gasteiger partial charge on any atom is -0.392 e. The van der Waals surface area contributed by atoms with Crippen molar-refractivity contribution in [1.82, 2.24) is 15.5 Å². The zero-order valence-electron chi connectivity index (χ0n) is 6.74. The van der Waals surface area contributed by atoms with Gasteiger partial charge in [-0.15, -0.1) is 0 Å². The number of nitrogens with one attached hydrogen (secondary N) is 2. The lowest BCUT2D eigenvalue weighted by Crippen LogP contribution is -2.30. The lowest BCUT2D eigenvalue weighted by molar-refractivity contribution is 0.0924. The monoisotopic (exact) mass is 169 g/mol. The van der Waals surface area contributed by atoms with Gasteiger partial charge < -0.3 is 10.4 Å². The molecule has 0 bridgehead atoms. The normalized spacial score (nSPS) is 12.5. The molecule has 1 aromatic heterocycles. The molecule has 0 unspecified atom stereocenters. The van der Waals surface area contributed by atoms with E-state index in [1.165, 1.54) is 12.4 Å². The molecule has 0 saturated carbocycles. The molecule has 0 aliphatic carbocycles. The van der Waals surface area contributed by atoms with Gasteiger partial charge in [-0.05, 0) is 6.92 Å². The molecular weight excluding hydrogens is 158 g/mol. The summed E-state index contributed by atoms with van der Waals surface area (Å²) in [4.78, 5) is 11.1. The summed E-state index contributed by atoms with van der Waals surface area (Å²) in [5, 5.41) is 17.5. The van der Waals surface area contributed by atoms with E-state index in [2.05, 4.69) is 15.5 Å². The number of hydrogen-bond donors (Lipinski definition) is 3. The first kappa shape index (κ1) is 8.73. The quantitative estimate of drug-likeness (QED) is 0.572. The lowest BCUT2D eigenvalue weighted by atomic mass is 10.3. The molecule has 0 aliphatic rings. The topological polar surface area (TPSA) is 78.0 Å². The summed E-state index contributed by atoms with van der Waals surface area (Å²) in [6, 6.07) is 0. The number of aromatic nitrogens is 2. The average molecular weight is 169 g/mol. The van der Waals surface area contributed by atoms with Crippen molar-refractivity contribution in [1.29, 1.82) is 0 Å². The summed E-state index contributed by atoms with van der Waals surface area (Å²) >= 11 is 0. The third-order valence-electron chi connectivity index (χ3n) is 1.32. The Balaban J connectivity index is 2.40. The van der Waals surface area contributed by atoms with Crippen LogP contribution in [0.15, 0.2) is 12.4 Å². The van der Waals surface area contributed by atoms with Crippen LogP contribution in [-0.4, -0.2) is 33.9 Å². The maximum absolute atomic E-state index is 11.1. The van der Waals surface area contributed by atoms with E-state index in [4.69, 9.17) is 5.11 Å². The molecular formula is C7H11N3O2. The second-order valence-corrected chi connectivity index (χ2v) is 2.55. The van der Waals surface area contributed by atoms with Gasteiger partial charge in [-0.1, -0.05) is 0 Å². The fourth-order valence-electron chi connectivity index (χ4n) is 0.718. The molecule has 0 saturated heterocycles. The first-order valence-electron chi connectivity index (χ1n) is 3.65. The Bertz CT molecular complexity index is 243. The van der Waals surface area contributed by atoms with Crippen LogP contribution in [0.2, 0.25) is 0 Å². The highest BCUT2D eigenvalue weighted by atomic mass is 16.3. The first-order chi connectivity index (χ1) is 5.70. The standard InChI is InChI=1S/C7H11N3O2/c1-5(11)2-8-7(12)6-3-9-10-4-6/h3-5,11H,2H2,1H3,(H,8,12)(H,9,10)/t5-/m0/s1. The van der Waals surface area contributed by atoms with Gasteiger partial charge >= 0.3 is 0 Å². The van der Waals surface area contributed by atoms with E-state index in [0.717, 1.165) is 0 Å². The van der Waals surface area contributed by atoms with Crippen LogP contribution in [0.25, 0.3) is 0 Å². The van der Waals surface area contributed by atoms with Gasteiger partial charge in [0.15, 0.2) is 0 Å². The summed E-state index contributed by atoms with van der Waals surface area (Å²) in [6.07, 6.45) is 2.40. The highest BCUT2D eigenvalue weighted by Crippen LogP contribution is 1.92. The van der Waals surface area contributed by atoms with Crippen molar-refractivity contribution in [3.05, 3.63) is 18.0 Å². The number of rotatable bonds is 3. The van der Waals surface area contributed by atoms with Gasteiger partial charge in [0.05, 0.1) is 17.9 Å². The fourth-order valence-corrected chi connectivity index (χ4v) is 0.718. The van der Waals surface area contributed by atoms with E-state index < -0.39 is 6.10 Å². The number of amides is 1. The van der Waals surface area contributed by atoms with Gasteiger partial charge in [0.25, 0.3) is 5.91 Å². The summed E-state index contributed by atoms with van der Waals surface area (Å²) < 4.78 is 0. The molecule has 1 rings (SSSR count). The third-order valence-corrected chi connectivity index (χ3v) is 1.32. The zero-order valence-corrected chi connectivity index (χ0v) is 6.74. The fraction of sp³-hybridized carbons (Fsp3) is 0.429. The molecule has 12 heavy (non-hydrogen) atoms. The van der Waals surface area contributed by atoms with E-state index in [0.29, 0.717) is 5.56 Å². The van der Waals surface area contributed by atoms with Gasteiger partial charge in [-0.25, -0.2) is 0 Å². The van der Waals surface area contributed by atoms with Gasteiger partial charge in [-0.2, -0.15) is 5.10 Å². The molecule has 66 valence electrons. The number of hydrogen-bond acceptors (Lipinski definition) is 3. The van der Waals surface area contributed by atoms with Gasteiger partial charge in [0, 0.05) is 12.7 Å². The molecule has 0 spiro atoms. The maximum Gasteiger partial charge on any atom is 0.254 e. The second kappa shape index (κ2) is 3.87. The molecule has 1 aromatic rings. The Morgan fingerprint density at radius 1 is 1.92 bits per heavy atom. The zero-order chi connectivity index (χ0) is 8.97. The van der Waals surface area contributed by atoms with Crippen molar-refractivity contribution in [2.75, 3.05) is 6.54 Å². The van der Waals surface area contributed by atoms with Crippen LogP contribution in [-0.2, 0) is 0 Å². The predicted molar refractivity (Wildman–Crippen MR) is 42.6 cm³/mol. The first-order valence-corrected chi connectivity index (χ1v) is 3.65. The van der Waals surface area contributed by atoms with Gasteiger partial charge in [-0.3, -0.25) is 9.89 Å². The van der Waals surface area contributed by atoms with Gasteiger partial charge in [0.2, 0.25) is 0 Å². The van der Waals surface area contributed by atoms with Crippen LogP contribution < -0.4 is 5.32 Å². The summed E-state index contributed by atoms with van der Waals surface area (Å²) in [7, 11) is 0. The van der Waals surface area contributed by atoms with Gasteiger partial charge in [0.1, 0.15) is 0 Å². The van der Waals surface area contributed by atoms with Crippen LogP contribution in [0.5, 0.6) is 0 Å². The van der Waals surface area contributed by atoms with Crippen molar-refractivity contribution in [3.63, 3.8) is 0 Å². The molecule has 5 nitrogen and oxygen atoms in total. The molecule has 0 aromatic carbocycles. The minimum atomic E-state index is -0.527. The third kappa shape index (κ3) is 2.35. The molecule has 1 amide bonds. The largest absolute Gasteiger partial charge is 0.392 e. The highest BCUT2D eigenvalue weighted by Gasteiger charge is 2.05. The molecule has 5 heteroatoms. The Hall–Kier alpha value is -1.36. The van der Waals surface area contributed by atoms with Crippen LogP contribution in [0.4, 0.5) is 0 Å². The summed E-state index contributed by atoms with van der Waals surface area (Å²) in [6.45, 7) is 1.86. The predicted octanol–water partition coefficient (Wildman–Crippen LogP) is -0.480. The van der Waals surface area contributed by atoms with E-state index >= 15 is 0 Å². The van der Waals surface area contributed by atoms with Crippen LogP contribution in [0, 0.1) is 0 Å². The van der Waals surface area contributed by atoms with Crippen LogP contribution in [0.3, 0.4) is 0 Å². The molecule has 0 fully saturated rings.